The van der Waals surface area contributed by atoms with Crippen LogP contribution in [0.4, 0.5) is 0 Å². The molecule has 146 valence electrons. The fraction of sp³-hybridized carbons (Fsp3) is 1.00. The third-order valence-corrected chi connectivity index (χ3v) is 5.11. The summed E-state index contributed by atoms with van der Waals surface area (Å²) in [6.45, 7) is 4.42. The SMILES string of the molecule is CCCCCCCCCC(CCCCCCCCC)OP(=O)([O-])O. The molecule has 0 fully saturated rings. The molecule has 0 amide bonds. The predicted octanol–water partition coefficient (Wildman–Crippen LogP) is 6.11. The van der Waals surface area contributed by atoms with Crippen LogP contribution >= 0.6 is 7.82 Å². The monoisotopic (exact) mass is 363 g/mol. The number of unbranched alkanes of at least 4 members (excludes halogenated alkanes) is 12. The van der Waals surface area contributed by atoms with Gasteiger partial charge in [-0.05, 0) is 12.8 Å². The van der Waals surface area contributed by atoms with E-state index in [4.69, 9.17) is 9.42 Å². The molecule has 4 nitrogen and oxygen atoms in total. The summed E-state index contributed by atoms with van der Waals surface area (Å²) in [6.07, 6.45) is 17.9. The van der Waals surface area contributed by atoms with Gasteiger partial charge in [-0.2, -0.15) is 0 Å². The van der Waals surface area contributed by atoms with Gasteiger partial charge in [0.05, 0.1) is 6.10 Å². The van der Waals surface area contributed by atoms with Crippen molar-refractivity contribution >= 4 is 7.82 Å². The molecule has 24 heavy (non-hydrogen) atoms. The first kappa shape index (κ1) is 24.1. The summed E-state index contributed by atoms with van der Waals surface area (Å²) in [4.78, 5) is 20.0. The highest BCUT2D eigenvalue weighted by atomic mass is 31.2. The molecule has 0 saturated heterocycles. The summed E-state index contributed by atoms with van der Waals surface area (Å²) in [5.41, 5.74) is 0. The van der Waals surface area contributed by atoms with E-state index in [1.165, 1.54) is 64.2 Å². The maximum Gasteiger partial charge on any atom is 0.265 e. The van der Waals surface area contributed by atoms with Crippen LogP contribution in [0.1, 0.15) is 117 Å². The van der Waals surface area contributed by atoms with Gasteiger partial charge in [-0.25, -0.2) is 0 Å². The number of hydrogen-bond donors (Lipinski definition) is 1. The first-order chi connectivity index (χ1) is 11.5. The minimum atomic E-state index is -4.61. The van der Waals surface area contributed by atoms with Crippen molar-refractivity contribution < 1.29 is 18.9 Å². The van der Waals surface area contributed by atoms with Crippen LogP contribution in [0.5, 0.6) is 0 Å². The largest absolute Gasteiger partial charge is 0.756 e. The van der Waals surface area contributed by atoms with Crippen molar-refractivity contribution in [3.05, 3.63) is 0 Å². The molecule has 0 aromatic carbocycles. The molecule has 0 aromatic rings. The summed E-state index contributed by atoms with van der Waals surface area (Å²) in [5, 5.41) is 0. The van der Waals surface area contributed by atoms with Gasteiger partial charge in [0.2, 0.25) is 0 Å². The molecule has 1 N–H and O–H groups in total. The minimum Gasteiger partial charge on any atom is -0.756 e. The Balaban J connectivity index is 3.79. The van der Waals surface area contributed by atoms with Crippen LogP contribution in [-0.2, 0) is 9.09 Å². The standard InChI is InChI=1S/C19H41O4P/c1-3-5-7-9-11-13-15-17-19(23-24(20,21)22)18-16-14-12-10-8-6-4-2/h19H,3-18H2,1-2H3,(H2,20,21,22)/p-1. The van der Waals surface area contributed by atoms with Gasteiger partial charge in [-0.1, -0.05) is 104 Å². The molecular weight excluding hydrogens is 323 g/mol. The van der Waals surface area contributed by atoms with Crippen LogP contribution in [0, 0.1) is 0 Å². The molecule has 0 bridgehead atoms. The molecule has 0 aliphatic carbocycles. The van der Waals surface area contributed by atoms with Crippen LogP contribution in [0.2, 0.25) is 0 Å². The van der Waals surface area contributed by atoms with Crippen molar-refractivity contribution in [2.24, 2.45) is 0 Å². The van der Waals surface area contributed by atoms with Crippen molar-refractivity contribution in [1.29, 1.82) is 0 Å². The highest BCUT2D eigenvalue weighted by molar-refractivity contribution is 7.44. The highest BCUT2D eigenvalue weighted by Crippen LogP contribution is 2.35. The number of phosphoric ester groups is 1. The lowest BCUT2D eigenvalue weighted by Gasteiger charge is -2.24. The molecule has 1 atom stereocenters. The Kier molecular flexibility index (Phi) is 16.6. The van der Waals surface area contributed by atoms with Gasteiger partial charge in [-0.3, -0.25) is 4.57 Å². The van der Waals surface area contributed by atoms with Crippen molar-refractivity contribution in [1.82, 2.24) is 0 Å². The van der Waals surface area contributed by atoms with Crippen LogP contribution in [0.25, 0.3) is 0 Å². The quantitative estimate of drug-likeness (QED) is 0.235. The molecule has 0 aliphatic heterocycles. The third-order valence-electron chi connectivity index (χ3n) is 4.54. The Bertz CT molecular complexity index is 286. The molecular formula is C19H40O4P-. The average Bonchev–Trinajstić information content (AvgIpc) is 2.51. The average molecular weight is 363 g/mol. The topological polar surface area (TPSA) is 69.6 Å². The van der Waals surface area contributed by atoms with Crippen LogP contribution in [0.15, 0.2) is 0 Å². The Morgan fingerprint density at radius 2 is 1.08 bits per heavy atom. The highest BCUT2D eigenvalue weighted by Gasteiger charge is 2.14. The fourth-order valence-corrected chi connectivity index (χ4v) is 3.68. The van der Waals surface area contributed by atoms with Crippen molar-refractivity contribution in [3.8, 4) is 0 Å². The van der Waals surface area contributed by atoms with Crippen molar-refractivity contribution in [2.45, 2.75) is 123 Å². The second-order valence-corrected chi connectivity index (χ2v) is 8.16. The normalized spacial score (nSPS) is 14.2. The molecule has 1 unspecified atom stereocenters. The van der Waals surface area contributed by atoms with E-state index in [1.54, 1.807) is 0 Å². The summed E-state index contributed by atoms with van der Waals surface area (Å²) in [5.74, 6) is 0. The van der Waals surface area contributed by atoms with Crippen LogP contribution in [-0.4, -0.2) is 11.0 Å². The molecule has 0 heterocycles. The Hall–Kier alpha value is 0.110. The van der Waals surface area contributed by atoms with Gasteiger partial charge in [0.15, 0.2) is 0 Å². The molecule has 0 saturated carbocycles. The first-order valence-corrected chi connectivity index (χ1v) is 11.7. The van der Waals surface area contributed by atoms with E-state index in [0.29, 0.717) is 0 Å². The maximum absolute atomic E-state index is 11.0. The fourth-order valence-electron chi connectivity index (χ4n) is 3.10. The van der Waals surface area contributed by atoms with E-state index < -0.39 is 7.82 Å². The summed E-state index contributed by atoms with van der Waals surface area (Å²) < 4.78 is 15.9. The molecule has 0 aliphatic rings. The van der Waals surface area contributed by atoms with Gasteiger partial charge in [0, 0.05) is 0 Å². The third kappa shape index (κ3) is 18.4. The minimum absolute atomic E-state index is 0.343. The predicted molar refractivity (Wildman–Crippen MR) is 99.9 cm³/mol. The summed E-state index contributed by atoms with van der Waals surface area (Å²) in [7, 11) is -4.61. The van der Waals surface area contributed by atoms with Gasteiger partial charge in [0.25, 0.3) is 7.82 Å². The Morgan fingerprint density at radius 1 is 0.750 bits per heavy atom. The lowest BCUT2D eigenvalue weighted by atomic mass is 10.0. The van der Waals surface area contributed by atoms with E-state index in [-0.39, 0.29) is 6.10 Å². The molecule has 5 heteroatoms. The summed E-state index contributed by atoms with van der Waals surface area (Å²) >= 11 is 0. The van der Waals surface area contributed by atoms with E-state index in [2.05, 4.69) is 13.8 Å². The van der Waals surface area contributed by atoms with E-state index in [1.807, 2.05) is 0 Å². The van der Waals surface area contributed by atoms with Gasteiger partial charge in [0.1, 0.15) is 0 Å². The van der Waals surface area contributed by atoms with E-state index in [0.717, 1.165) is 38.5 Å². The Labute approximate surface area is 150 Å². The van der Waals surface area contributed by atoms with E-state index >= 15 is 0 Å². The molecule has 0 radical (unpaired) electrons. The van der Waals surface area contributed by atoms with Gasteiger partial charge < -0.3 is 14.3 Å². The van der Waals surface area contributed by atoms with E-state index in [9.17, 15) is 9.46 Å². The number of hydrogen-bond acceptors (Lipinski definition) is 3. The zero-order valence-electron chi connectivity index (χ0n) is 16.0. The van der Waals surface area contributed by atoms with Crippen molar-refractivity contribution in [3.63, 3.8) is 0 Å². The number of phosphoric acid groups is 1. The smallest absolute Gasteiger partial charge is 0.265 e. The zero-order chi connectivity index (χ0) is 18.1. The van der Waals surface area contributed by atoms with Gasteiger partial charge >= 0.3 is 0 Å². The molecule has 0 aromatic heterocycles. The Morgan fingerprint density at radius 3 is 1.42 bits per heavy atom. The number of rotatable bonds is 18. The zero-order valence-corrected chi connectivity index (χ0v) is 16.9. The maximum atomic E-state index is 11.0. The lowest BCUT2D eigenvalue weighted by Crippen LogP contribution is -2.16. The lowest BCUT2D eigenvalue weighted by molar-refractivity contribution is -0.224. The molecule has 0 rings (SSSR count). The summed E-state index contributed by atoms with van der Waals surface area (Å²) in [6, 6.07) is 0. The van der Waals surface area contributed by atoms with Crippen LogP contribution in [0.3, 0.4) is 0 Å². The van der Waals surface area contributed by atoms with Gasteiger partial charge in [-0.15, -0.1) is 0 Å². The first-order valence-electron chi connectivity index (χ1n) is 10.2. The second-order valence-electron chi connectivity index (χ2n) is 7.02. The molecule has 0 spiro atoms. The second kappa shape index (κ2) is 16.6. The van der Waals surface area contributed by atoms with Crippen LogP contribution < -0.4 is 4.89 Å². The van der Waals surface area contributed by atoms with Crippen molar-refractivity contribution in [2.75, 3.05) is 0 Å².